The highest BCUT2D eigenvalue weighted by molar-refractivity contribution is 5.65. The Labute approximate surface area is 108 Å². The molecule has 0 atom stereocenters. The van der Waals surface area contributed by atoms with Crippen molar-refractivity contribution in [1.82, 2.24) is 14.8 Å². The highest BCUT2D eigenvalue weighted by Gasteiger charge is 2.13. The molecule has 4 heteroatoms. The van der Waals surface area contributed by atoms with Gasteiger partial charge in [0.25, 0.3) is 0 Å². The molecule has 2 rings (SSSR count). The topological polar surface area (TPSA) is 39.9 Å². The highest BCUT2D eigenvalue weighted by atomic mass is 16.5. The average molecular weight is 245 g/mol. The van der Waals surface area contributed by atoms with Gasteiger partial charge in [-0.25, -0.2) is 0 Å². The number of nitrogens with zero attached hydrogens (tertiary/aromatic N) is 3. The molecule has 0 aliphatic heterocycles. The standard InChI is InChI=1S/C14H19N3O/c1-14(2,3)10-17-8-6-12(16-17)11-5-7-15-9-13(11)18-4/h5-9H,10H2,1-4H3. The first-order valence-corrected chi connectivity index (χ1v) is 6.01. The molecule has 0 saturated heterocycles. The molecule has 2 aromatic rings. The van der Waals surface area contributed by atoms with Crippen molar-refractivity contribution in [1.29, 1.82) is 0 Å². The number of hydrogen-bond donors (Lipinski definition) is 0. The van der Waals surface area contributed by atoms with Crippen LogP contribution in [0, 0.1) is 5.41 Å². The quantitative estimate of drug-likeness (QED) is 0.834. The summed E-state index contributed by atoms with van der Waals surface area (Å²) in [4.78, 5) is 4.05. The maximum absolute atomic E-state index is 5.30. The first-order chi connectivity index (χ1) is 8.49. The molecule has 18 heavy (non-hydrogen) atoms. The van der Waals surface area contributed by atoms with Crippen LogP contribution >= 0.6 is 0 Å². The van der Waals surface area contributed by atoms with Crippen LogP contribution in [-0.2, 0) is 6.54 Å². The fraction of sp³-hybridized carbons (Fsp3) is 0.429. The van der Waals surface area contributed by atoms with Crippen LogP contribution in [0.4, 0.5) is 0 Å². The first kappa shape index (κ1) is 12.6. The lowest BCUT2D eigenvalue weighted by Crippen LogP contribution is -2.15. The Morgan fingerprint density at radius 3 is 2.72 bits per heavy atom. The zero-order chi connectivity index (χ0) is 13.2. The van der Waals surface area contributed by atoms with Crippen LogP contribution in [0.5, 0.6) is 5.75 Å². The number of pyridine rings is 1. The number of hydrogen-bond acceptors (Lipinski definition) is 3. The van der Waals surface area contributed by atoms with Crippen molar-refractivity contribution in [2.45, 2.75) is 27.3 Å². The summed E-state index contributed by atoms with van der Waals surface area (Å²) in [5, 5.41) is 4.58. The second-order valence-electron chi connectivity index (χ2n) is 5.54. The zero-order valence-corrected chi connectivity index (χ0v) is 11.3. The molecular weight excluding hydrogens is 226 g/mol. The second kappa shape index (κ2) is 4.80. The van der Waals surface area contributed by atoms with Crippen molar-refractivity contribution in [3.05, 3.63) is 30.7 Å². The second-order valence-corrected chi connectivity index (χ2v) is 5.54. The summed E-state index contributed by atoms with van der Waals surface area (Å²) in [6.07, 6.45) is 5.46. The third-order valence-corrected chi connectivity index (χ3v) is 2.56. The molecule has 0 saturated carbocycles. The lowest BCUT2D eigenvalue weighted by atomic mass is 9.97. The van der Waals surface area contributed by atoms with Gasteiger partial charge in [-0.3, -0.25) is 9.67 Å². The van der Waals surface area contributed by atoms with E-state index in [1.807, 2.05) is 23.0 Å². The van der Waals surface area contributed by atoms with Crippen molar-refractivity contribution in [3.8, 4) is 17.0 Å². The van der Waals surface area contributed by atoms with E-state index in [0.717, 1.165) is 23.6 Å². The molecule has 0 aliphatic carbocycles. The van der Waals surface area contributed by atoms with Crippen molar-refractivity contribution in [2.75, 3.05) is 7.11 Å². The van der Waals surface area contributed by atoms with Crippen LogP contribution in [0.1, 0.15) is 20.8 Å². The molecule has 0 aliphatic rings. The molecule has 2 aromatic heterocycles. The summed E-state index contributed by atoms with van der Waals surface area (Å²) in [5.74, 6) is 0.749. The smallest absolute Gasteiger partial charge is 0.146 e. The maximum atomic E-state index is 5.30. The van der Waals surface area contributed by atoms with E-state index in [1.165, 1.54) is 0 Å². The number of methoxy groups -OCH3 is 1. The molecule has 0 aromatic carbocycles. The Morgan fingerprint density at radius 2 is 2.06 bits per heavy atom. The van der Waals surface area contributed by atoms with E-state index >= 15 is 0 Å². The molecule has 4 nitrogen and oxygen atoms in total. The lowest BCUT2D eigenvalue weighted by molar-refractivity contribution is 0.326. The van der Waals surface area contributed by atoms with E-state index in [-0.39, 0.29) is 5.41 Å². The minimum absolute atomic E-state index is 0.214. The molecular formula is C14H19N3O. The molecule has 96 valence electrons. The Morgan fingerprint density at radius 1 is 1.28 bits per heavy atom. The summed E-state index contributed by atoms with van der Waals surface area (Å²) >= 11 is 0. The van der Waals surface area contributed by atoms with Crippen LogP contribution < -0.4 is 4.74 Å². The molecule has 0 bridgehead atoms. The van der Waals surface area contributed by atoms with E-state index in [0.29, 0.717) is 0 Å². The Kier molecular flexibility index (Phi) is 3.36. The van der Waals surface area contributed by atoms with Gasteiger partial charge in [-0.1, -0.05) is 20.8 Å². The normalized spacial score (nSPS) is 11.6. The average Bonchev–Trinajstić information content (AvgIpc) is 2.75. The van der Waals surface area contributed by atoms with Gasteiger partial charge in [0.1, 0.15) is 5.75 Å². The fourth-order valence-corrected chi connectivity index (χ4v) is 1.83. The van der Waals surface area contributed by atoms with Gasteiger partial charge in [0, 0.05) is 24.5 Å². The molecule has 0 N–H and O–H groups in total. The van der Waals surface area contributed by atoms with Gasteiger partial charge in [0.15, 0.2) is 0 Å². The summed E-state index contributed by atoms with van der Waals surface area (Å²) < 4.78 is 7.27. The third-order valence-electron chi connectivity index (χ3n) is 2.56. The SMILES string of the molecule is COc1cnccc1-c1ccn(CC(C)(C)C)n1. The monoisotopic (exact) mass is 245 g/mol. The summed E-state index contributed by atoms with van der Waals surface area (Å²) in [6, 6.07) is 3.92. The Balaban J connectivity index is 2.29. The van der Waals surface area contributed by atoms with E-state index in [2.05, 4.69) is 30.9 Å². The summed E-state index contributed by atoms with van der Waals surface area (Å²) in [6.45, 7) is 7.48. The number of aromatic nitrogens is 3. The summed E-state index contributed by atoms with van der Waals surface area (Å²) in [5.41, 5.74) is 2.10. The van der Waals surface area contributed by atoms with Crippen molar-refractivity contribution < 1.29 is 4.74 Å². The van der Waals surface area contributed by atoms with Gasteiger partial charge in [-0.05, 0) is 17.5 Å². The minimum Gasteiger partial charge on any atom is -0.494 e. The van der Waals surface area contributed by atoms with Crippen LogP contribution in [0.2, 0.25) is 0 Å². The molecule has 2 heterocycles. The molecule has 0 unspecified atom stereocenters. The van der Waals surface area contributed by atoms with E-state index in [4.69, 9.17) is 4.74 Å². The molecule has 0 spiro atoms. The lowest BCUT2D eigenvalue weighted by Gasteiger charge is -2.17. The van der Waals surface area contributed by atoms with E-state index < -0.39 is 0 Å². The molecule has 0 amide bonds. The largest absolute Gasteiger partial charge is 0.494 e. The van der Waals surface area contributed by atoms with Gasteiger partial charge in [-0.2, -0.15) is 5.10 Å². The van der Waals surface area contributed by atoms with Crippen molar-refractivity contribution >= 4 is 0 Å². The Bertz CT molecular complexity index is 526. The Hall–Kier alpha value is -1.84. The van der Waals surface area contributed by atoms with E-state index in [9.17, 15) is 0 Å². The van der Waals surface area contributed by atoms with Crippen LogP contribution in [0.15, 0.2) is 30.7 Å². The van der Waals surface area contributed by atoms with E-state index in [1.54, 1.807) is 19.5 Å². The van der Waals surface area contributed by atoms with Crippen LogP contribution in [0.25, 0.3) is 11.3 Å². The van der Waals surface area contributed by atoms with Gasteiger partial charge in [0.2, 0.25) is 0 Å². The summed E-state index contributed by atoms with van der Waals surface area (Å²) in [7, 11) is 1.65. The van der Waals surface area contributed by atoms with Gasteiger partial charge in [-0.15, -0.1) is 0 Å². The molecule has 0 fully saturated rings. The van der Waals surface area contributed by atoms with Crippen molar-refractivity contribution in [3.63, 3.8) is 0 Å². The van der Waals surface area contributed by atoms with Crippen molar-refractivity contribution in [2.24, 2.45) is 5.41 Å². The predicted octanol–water partition coefficient (Wildman–Crippen LogP) is 3.00. The first-order valence-electron chi connectivity index (χ1n) is 6.01. The highest BCUT2D eigenvalue weighted by Crippen LogP contribution is 2.27. The van der Waals surface area contributed by atoms with Gasteiger partial charge < -0.3 is 4.74 Å². The minimum atomic E-state index is 0.214. The van der Waals surface area contributed by atoms with Crippen LogP contribution in [0.3, 0.4) is 0 Å². The maximum Gasteiger partial charge on any atom is 0.146 e. The van der Waals surface area contributed by atoms with Gasteiger partial charge >= 0.3 is 0 Å². The third kappa shape index (κ3) is 2.88. The number of ether oxygens (including phenoxy) is 1. The van der Waals surface area contributed by atoms with Gasteiger partial charge in [0.05, 0.1) is 19.0 Å². The number of rotatable bonds is 3. The molecule has 0 radical (unpaired) electrons. The zero-order valence-electron chi connectivity index (χ0n) is 11.3. The van der Waals surface area contributed by atoms with Crippen LogP contribution in [-0.4, -0.2) is 21.9 Å². The fourth-order valence-electron chi connectivity index (χ4n) is 1.83. The predicted molar refractivity (Wildman–Crippen MR) is 71.5 cm³/mol.